The topological polar surface area (TPSA) is 64.1 Å². The second kappa shape index (κ2) is 7.17. The summed E-state index contributed by atoms with van der Waals surface area (Å²) in [5.74, 6) is 0.261. The van der Waals surface area contributed by atoms with Crippen molar-refractivity contribution in [1.29, 1.82) is 0 Å². The maximum Gasteiger partial charge on any atom is 0.281 e. The van der Waals surface area contributed by atoms with Crippen molar-refractivity contribution in [2.45, 2.75) is 25.7 Å². The molecule has 1 N–H and O–H groups in total. The molecule has 0 bridgehead atoms. The quantitative estimate of drug-likeness (QED) is 0.748. The smallest absolute Gasteiger partial charge is 0.281 e. The van der Waals surface area contributed by atoms with Gasteiger partial charge in [-0.15, -0.1) is 0 Å². The molecule has 2 heterocycles. The first kappa shape index (κ1) is 16.2. The second-order valence-electron chi connectivity index (χ2n) is 5.90. The normalized spacial score (nSPS) is 23.8. The van der Waals surface area contributed by atoms with Gasteiger partial charge in [0.1, 0.15) is 0 Å². The Morgan fingerprint density at radius 1 is 1.15 bits per heavy atom. The molecule has 2 aliphatic rings. The van der Waals surface area contributed by atoms with E-state index in [4.69, 9.17) is 5.11 Å². The molecular formula is C13H27N3O3S. The van der Waals surface area contributed by atoms with Gasteiger partial charge < -0.3 is 10.0 Å². The zero-order valence-corrected chi connectivity index (χ0v) is 13.2. The van der Waals surface area contributed by atoms with Crippen molar-refractivity contribution < 1.29 is 13.5 Å². The highest BCUT2D eigenvalue weighted by molar-refractivity contribution is 7.86. The fourth-order valence-electron chi connectivity index (χ4n) is 2.92. The third-order valence-electron chi connectivity index (χ3n) is 4.48. The van der Waals surface area contributed by atoms with Crippen molar-refractivity contribution in [2.75, 3.05) is 52.9 Å². The highest BCUT2D eigenvalue weighted by Gasteiger charge is 2.30. The number of hydrogen-bond donors (Lipinski definition) is 1. The molecule has 6 nitrogen and oxygen atoms in total. The van der Waals surface area contributed by atoms with Gasteiger partial charge in [0, 0.05) is 39.8 Å². The summed E-state index contributed by atoms with van der Waals surface area (Å²) >= 11 is 0. The van der Waals surface area contributed by atoms with Crippen LogP contribution in [0.1, 0.15) is 25.7 Å². The molecule has 2 fully saturated rings. The van der Waals surface area contributed by atoms with Crippen LogP contribution in [0.5, 0.6) is 0 Å². The molecule has 0 atom stereocenters. The SMILES string of the molecule is CN(CCN1CCCC1)S(=O)(=O)N1CCC(CO)CC1. The number of rotatable bonds is 6. The highest BCUT2D eigenvalue weighted by Crippen LogP contribution is 2.20. The van der Waals surface area contributed by atoms with Crippen molar-refractivity contribution in [2.24, 2.45) is 5.92 Å². The van der Waals surface area contributed by atoms with Crippen LogP contribution in [0, 0.1) is 5.92 Å². The van der Waals surface area contributed by atoms with Gasteiger partial charge in [0.15, 0.2) is 0 Å². The van der Waals surface area contributed by atoms with E-state index in [-0.39, 0.29) is 12.5 Å². The number of aliphatic hydroxyl groups is 1. The molecule has 2 rings (SSSR count). The van der Waals surface area contributed by atoms with Crippen molar-refractivity contribution in [3.8, 4) is 0 Å². The summed E-state index contributed by atoms with van der Waals surface area (Å²) in [6.45, 7) is 4.79. The van der Waals surface area contributed by atoms with Gasteiger partial charge in [0.2, 0.25) is 0 Å². The number of hydrogen-bond acceptors (Lipinski definition) is 4. The van der Waals surface area contributed by atoms with Gasteiger partial charge in [-0.1, -0.05) is 0 Å². The second-order valence-corrected chi connectivity index (χ2v) is 7.94. The van der Waals surface area contributed by atoms with E-state index >= 15 is 0 Å². The minimum Gasteiger partial charge on any atom is -0.396 e. The molecular weight excluding hydrogens is 278 g/mol. The van der Waals surface area contributed by atoms with Crippen LogP contribution in [-0.4, -0.2) is 80.0 Å². The van der Waals surface area contributed by atoms with Gasteiger partial charge in [-0.05, 0) is 44.7 Å². The predicted molar refractivity (Wildman–Crippen MR) is 78.6 cm³/mol. The van der Waals surface area contributed by atoms with Crippen LogP contribution in [0.25, 0.3) is 0 Å². The molecule has 0 aromatic carbocycles. The third-order valence-corrected chi connectivity index (χ3v) is 6.47. The van der Waals surface area contributed by atoms with Gasteiger partial charge >= 0.3 is 0 Å². The molecule has 118 valence electrons. The molecule has 0 saturated carbocycles. The lowest BCUT2D eigenvalue weighted by molar-refractivity contribution is 0.166. The summed E-state index contributed by atoms with van der Waals surface area (Å²) in [5, 5.41) is 9.11. The van der Waals surface area contributed by atoms with Crippen LogP contribution < -0.4 is 0 Å². The van der Waals surface area contributed by atoms with Crippen molar-refractivity contribution in [3.05, 3.63) is 0 Å². The maximum absolute atomic E-state index is 12.5. The first-order valence-corrected chi connectivity index (χ1v) is 8.98. The van der Waals surface area contributed by atoms with E-state index in [1.807, 2.05) is 0 Å². The molecule has 0 aromatic heterocycles. The molecule has 0 unspecified atom stereocenters. The Morgan fingerprint density at radius 3 is 2.30 bits per heavy atom. The number of likely N-dealkylation sites (N-methyl/N-ethyl adjacent to an activating group) is 1. The summed E-state index contributed by atoms with van der Waals surface area (Å²) in [6.07, 6.45) is 3.97. The van der Waals surface area contributed by atoms with Crippen LogP contribution >= 0.6 is 0 Å². The predicted octanol–water partition coefficient (Wildman–Crippen LogP) is -0.0369. The van der Waals surface area contributed by atoms with Crippen molar-refractivity contribution in [3.63, 3.8) is 0 Å². The monoisotopic (exact) mass is 305 g/mol. The van der Waals surface area contributed by atoms with Gasteiger partial charge in [-0.3, -0.25) is 0 Å². The van der Waals surface area contributed by atoms with E-state index < -0.39 is 10.2 Å². The summed E-state index contributed by atoms with van der Waals surface area (Å²) in [6, 6.07) is 0. The Bertz CT molecular complexity index is 388. The van der Waals surface area contributed by atoms with Gasteiger partial charge in [0.05, 0.1) is 0 Å². The average Bonchev–Trinajstić information content (AvgIpc) is 2.98. The molecule has 0 aliphatic carbocycles. The zero-order chi connectivity index (χ0) is 14.6. The third kappa shape index (κ3) is 3.92. The minimum absolute atomic E-state index is 0.165. The largest absolute Gasteiger partial charge is 0.396 e. The summed E-state index contributed by atoms with van der Waals surface area (Å²) in [4.78, 5) is 2.32. The fourth-order valence-corrected chi connectivity index (χ4v) is 4.30. The zero-order valence-electron chi connectivity index (χ0n) is 12.4. The molecule has 0 radical (unpaired) electrons. The Kier molecular flexibility index (Phi) is 5.80. The molecule has 2 aliphatic heterocycles. The standard InChI is InChI=1S/C13H27N3O3S/c1-14(10-11-15-6-2-3-7-15)20(18,19)16-8-4-13(12-17)5-9-16/h13,17H,2-12H2,1H3. The Balaban J connectivity index is 1.82. The van der Waals surface area contributed by atoms with Crippen molar-refractivity contribution in [1.82, 2.24) is 13.5 Å². The summed E-state index contributed by atoms with van der Waals surface area (Å²) in [5.41, 5.74) is 0. The van der Waals surface area contributed by atoms with Crippen molar-refractivity contribution >= 4 is 10.2 Å². The first-order chi connectivity index (χ1) is 9.54. The number of piperidine rings is 1. The van der Waals surface area contributed by atoms with E-state index in [0.29, 0.717) is 19.6 Å². The van der Waals surface area contributed by atoms with E-state index in [1.54, 1.807) is 11.4 Å². The van der Waals surface area contributed by atoms with Crippen LogP contribution in [0.15, 0.2) is 0 Å². The lowest BCUT2D eigenvalue weighted by Crippen LogP contribution is -2.47. The van der Waals surface area contributed by atoms with Crippen LogP contribution in [-0.2, 0) is 10.2 Å². The number of likely N-dealkylation sites (tertiary alicyclic amines) is 1. The summed E-state index contributed by atoms with van der Waals surface area (Å²) < 4.78 is 27.9. The van der Waals surface area contributed by atoms with E-state index in [9.17, 15) is 8.42 Å². The van der Waals surface area contributed by atoms with Gasteiger partial charge in [-0.25, -0.2) is 0 Å². The maximum atomic E-state index is 12.5. The van der Waals surface area contributed by atoms with Crippen LogP contribution in [0.3, 0.4) is 0 Å². The van der Waals surface area contributed by atoms with E-state index in [1.165, 1.54) is 17.1 Å². The molecule has 0 amide bonds. The lowest BCUT2D eigenvalue weighted by atomic mass is 10.00. The van der Waals surface area contributed by atoms with Gasteiger partial charge in [-0.2, -0.15) is 17.0 Å². The molecule has 2 saturated heterocycles. The summed E-state index contributed by atoms with van der Waals surface area (Å²) in [7, 11) is -1.66. The number of aliphatic hydroxyl groups excluding tert-OH is 1. The van der Waals surface area contributed by atoms with Crippen LogP contribution in [0.2, 0.25) is 0 Å². The van der Waals surface area contributed by atoms with E-state index in [0.717, 1.165) is 32.5 Å². The average molecular weight is 305 g/mol. The molecule has 0 aromatic rings. The lowest BCUT2D eigenvalue weighted by Gasteiger charge is -2.33. The van der Waals surface area contributed by atoms with E-state index in [2.05, 4.69) is 4.90 Å². The minimum atomic E-state index is -3.33. The van der Waals surface area contributed by atoms with Crippen LogP contribution in [0.4, 0.5) is 0 Å². The Morgan fingerprint density at radius 2 is 1.75 bits per heavy atom. The number of nitrogens with zero attached hydrogens (tertiary/aromatic N) is 3. The molecule has 20 heavy (non-hydrogen) atoms. The molecule has 0 spiro atoms. The molecule has 7 heteroatoms. The fraction of sp³-hybridized carbons (Fsp3) is 1.00. The first-order valence-electron chi connectivity index (χ1n) is 7.58. The Hall–Kier alpha value is -0.210. The highest BCUT2D eigenvalue weighted by atomic mass is 32.2. The Labute approximate surface area is 122 Å². The van der Waals surface area contributed by atoms with Gasteiger partial charge in [0.25, 0.3) is 10.2 Å².